The van der Waals surface area contributed by atoms with Crippen LogP contribution in [0.5, 0.6) is 0 Å². The molecular weight excluding hydrogens is 320 g/mol. The Morgan fingerprint density at radius 2 is 2.04 bits per heavy atom. The zero-order chi connectivity index (χ0) is 16.9. The van der Waals surface area contributed by atoms with Crippen molar-refractivity contribution in [2.45, 2.75) is 26.2 Å². The molecule has 1 aliphatic heterocycles. The van der Waals surface area contributed by atoms with Crippen molar-refractivity contribution in [2.75, 3.05) is 18.4 Å². The number of anilines is 1. The van der Waals surface area contributed by atoms with Crippen molar-refractivity contribution in [3.05, 3.63) is 52.2 Å². The highest BCUT2D eigenvalue weighted by Gasteiger charge is 2.29. The molecule has 1 aliphatic rings. The van der Waals surface area contributed by atoms with Gasteiger partial charge in [0.05, 0.1) is 10.8 Å². The third kappa shape index (κ3) is 3.85. The molecule has 5 heteroatoms. The largest absolute Gasteiger partial charge is 0.337 e. The van der Waals surface area contributed by atoms with Gasteiger partial charge in [0.1, 0.15) is 0 Å². The molecule has 0 saturated carbocycles. The number of likely N-dealkylation sites (tertiary alicyclic amines) is 1. The van der Waals surface area contributed by atoms with E-state index in [4.69, 9.17) is 0 Å². The van der Waals surface area contributed by atoms with Crippen LogP contribution in [0.2, 0.25) is 0 Å². The van der Waals surface area contributed by atoms with Crippen LogP contribution in [0.3, 0.4) is 0 Å². The summed E-state index contributed by atoms with van der Waals surface area (Å²) < 4.78 is 0. The van der Waals surface area contributed by atoms with Crippen LogP contribution in [0.4, 0.5) is 5.69 Å². The van der Waals surface area contributed by atoms with Crippen LogP contribution >= 0.6 is 11.3 Å². The topological polar surface area (TPSA) is 49.4 Å². The van der Waals surface area contributed by atoms with Crippen molar-refractivity contribution in [3.8, 4) is 0 Å². The number of rotatable bonds is 4. The van der Waals surface area contributed by atoms with Crippen LogP contribution in [0.15, 0.2) is 41.8 Å². The first-order valence-corrected chi connectivity index (χ1v) is 9.28. The number of piperidine rings is 1. The van der Waals surface area contributed by atoms with Crippen LogP contribution in [-0.2, 0) is 11.2 Å². The van der Waals surface area contributed by atoms with Crippen LogP contribution < -0.4 is 5.32 Å². The summed E-state index contributed by atoms with van der Waals surface area (Å²) in [5.41, 5.74) is 2.07. The Morgan fingerprint density at radius 1 is 1.25 bits per heavy atom. The summed E-state index contributed by atoms with van der Waals surface area (Å²) in [5, 5.41) is 4.89. The fourth-order valence-corrected chi connectivity index (χ4v) is 3.69. The smallest absolute Gasteiger partial charge is 0.263 e. The van der Waals surface area contributed by atoms with Crippen molar-refractivity contribution >= 4 is 28.8 Å². The van der Waals surface area contributed by atoms with E-state index in [9.17, 15) is 9.59 Å². The highest BCUT2D eigenvalue weighted by Crippen LogP contribution is 2.22. The summed E-state index contributed by atoms with van der Waals surface area (Å²) in [6, 6.07) is 11.7. The maximum Gasteiger partial charge on any atom is 0.263 e. The average Bonchev–Trinajstić information content (AvgIpc) is 3.16. The molecule has 0 aliphatic carbocycles. The second kappa shape index (κ2) is 7.62. The van der Waals surface area contributed by atoms with Gasteiger partial charge < -0.3 is 10.2 Å². The number of nitrogens with zero attached hydrogens (tertiary/aromatic N) is 1. The number of hydrogen-bond acceptors (Lipinski definition) is 3. The van der Waals surface area contributed by atoms with Crippen LogP contribution in [0.1, 0.15) is 35.0 Å². The normalized spacial score (nSPS) is 17.5. The van der Waals surface area contributed by atoms with Gasteiger partial charge in [-0.25, -0.2) is 0 Å². The Kier molecular flexibility index (Phi) is 5.30. The molecule has 3 rings (SSSR count). The Morgan fingerprint density at radius 3 is 2.71 bits per heavy atom. The third-order valence-electron chi connectivity index (χ3n) is 4.44. The monoisotopic (exact) mass is 342 g/mol. The standard InChI is InChI=1S/C19H22N2O2S/c1-2-14-7-9-16(10-8-14)20-18(22)15-5-3-11-21(13-15)19(23)17-6-4-12-24-17/h4,6-10,12,15H,2-3,5,11,13H2,1H3,(H,20,22). The molecule has 1 unspecified atom stereocenters. The SMILES string of the molecule is CCc1ccc(NC(=O)C2CCCN(C(=O)c3cccs3)C2)cc1. The summed E-state index contributed by atoms with van der Waals surface area (Å²) >= 11 is 1.45. The van der Waals surface area contributed by atoms with Gasteiger partial charge in [-0.1, -0.05) is 25.1 Å². The molecule has 1 aromatic heterocycles. The van der Waals surface area contributed by atoms with E-state index >= 15 is 0 Å². The van der Waals surface area contributed by atoms with Crippen molar-refractivity contribution in [2.24, 2.45) is 5.92 Å². The Hall–Kier alpha value is -2.14. The lowest BCUT2D eigenvalue weighted by molar-refractivity contribution is -0.121. The molecule has 1 fully saturated rings. The van der Waals surface area contributed by atoms with Gasteiger partial charge in [0.2, 0.25) is 5.91 Å². The predicted molar refractivity (Wildman–Crippen MR) is 97.4 cm³/mol. The van der Waals surface area contributed by atoms with E-state index in [1.807, 2.05) is 41.8 Å². The van der Waals surface area contributed by atoms with E-state index in [1.54, 1.807) is 4.90 Å². The fourth-order valence-electron chi connectivity index (χ4n) is 3.00. The maximum absolute atomic E-state index is 12.5. The van der Waals surface area contributed by atoms with Crippen LogP contribution in [0.25, 0.3) is 0 Å². The average molecular weight is 342 g/mol. The number of amides is 2. The molecule has 0 spiro atoms. The van der Waals surface area contributed by atoms with Gasteiger partial charge in [0.15, 0.2) is 0 Å². The maximum atomic E-state index is 12.5. The van der Waals surface area contributed by atoms with E-state index in [0.29, 0.717) is 6.54 Å². The van der Waals surface area contributed by atoms with E-state index in [-0.39, 0.29) is 17.7 Å². The van der Waals surface area contributed by atoms with Crippen LogP contribution in [-0.4, -0.2) is 29.8 Å². The Bertz CT molecular complexity index is 695. The lowest BCUT2D eigenvalue weighted by atomic mass is 9.96. The third-order valence-corrected chi connectivity index (χ3v) is 5.30. The van der Waals surface area contributed by atoms with Gasteiger partial charge in [0.25, 0.3) is 5.91 Å². The second-order valence-electron chi connectivity index (χ2n) is 6.11. The summed E-state index contributed by atoms with van der Waals surface area (Å²) in [6.07, 6.45) is 2.67. The first kappa shape index (κ1) is 16.7. The highest BCUT2D eigenvalue weighted by molar-refractivity contribution is 7.12. The zero-order valence-corrected chi connectivity index (χ0v) is 14.6. The molecular formula is C19H22N2O2S. The Balaban J connectivity index is 1.61. The predicted octanol–water partition coefficient (Wildman–Crippen LogP) is 3.80. The molecule has 0 bridgehead atoms. The molecule has 24 heavy (non-hydrogen) atoms. The number of carbonyl (C=O) groups excluding carboxylic acids is 2. The second-order valence-corrected chi connectivity index (χ2v) is 7.06. The van der Waals surface area contributed by atoms with Gasteiger partial charge in [-0.05, 0) is 48.4 Å². The minimum absolute atomic E-state index is 0.00271. The van der Waals surface area contributed by atoms with E-state index < -0.39 is 0 Å². The number of carbonyl (C=O) groups is 2. The molecule has 2 amide bonds. The first-order chi connectivity index (χ1) is 11.7. The number of nitrogens with one attached hydrogen (secondary N) is 1. The molecule has 1 saturated heterocycles. The van der Waals surface area contributed by atoms with Gasteiger partial charge in [-0.15, -0.1) is 11.3 Å². The molecule has 4 nitrogen and oxygen atoms in total. The quantitative estimate of drug-likeness (QED) is 0.919. The van der Waals surface area contributed by atoms with Crippen molar-refractivity contribution < 1.29 is 9.59 Å². The number of hydrogen-bond donors (Lipinski definition) is 1. The van der Waals surface area contributed by atoms with Crippen molar-refractivity contribution in [1.82, 2.24) is 4.90 Å². The van der Waals surface area contributed by atoms with Crippen molar-refractivity contribution in [3.63, 3.8) is 0 Å². The van der Waals surface area contributed by atoms with Gasteiger partial charge in [-0.2, -0.15) is 0 Å². The first-order valence-electron chi connectivity index (χ1n) is 8.40. The summed E-state index contributed by atoms with van der Waals surface area (Å²) in [4.78, 5) is 27.5. The summed E-state index contributed by atoms with van der Waals surface area (Å²) in [7, 11) is 0. The molecule has 2 heterocycles. The molecule has 126 valence electrons. The highest BCUT2D eigenvalue weighted by atomic mass is 32.1. The van der Waals surface area contributed by atoms with Gasteiger partial charge in [0, 0.05) is 18.8 Å². The Labute approximate surface area is 146 Å². The lowest BCUT2D eigenvalue weighted by Crippen LogP contribution is -2.43. The van der Waals surface area contributed by atoms with E-state index in [2.05, 4.69) is 12.2 Å². The van der Waals surface area contributed by atoms with Crippen LogP contribution in [0, 0.1) is 5.92 Å². The molecule has 1 atom stereocenters. The number of thiophene rings is 1. The summed E-state index contributed by atoms with van der Waals surface area (Å²) in [5.74, 6) is -0.105. The van der Waals surface area contributed by atoms with Gasteiger partial charge >= 0.3 is 0 Å². The van der Waals surface area contributed by atoms with E-state index in [0.717, 1.165) is 36.4 Å². The lowest BCUT2D eigenvalue weighted by Gasteiger charge is -2.31. The molecule has 0 radical (unpaired) electrons. The van der Waals surface area contributed by atoms with Crippen molar-refractivity contribution in [1.29, 1.82) is 0 Å². The number of aryl methyl sites for hydroxylation is 1. The van der Waals surface area contributed by atoms with Gasteiger partial charge in [-0.3, -0.25) is 9.59 Å². The molecule has 2 aromatic rings. The molecule has 1 N–H and O–H groups in total. The zero-order valence-electron chi connectivity index (χ0n) is 13.8. The fraction of sp³-hybridized carbons (Fsp3) is 0.368. The minimum atomic E-state index is -0.145. The summed E-state index contributed by atoms with van der Waals surface area (Å²) in [6.45, 7) is 3.33. The minimum Gasteiger partial charge on any atom is -0.337 e. The van der Waals surface area contributed by atoms with E-state index in [1.165, 1.54) is 16.9 Å². The number of benzene rings is 1. The molecule has 1 aromatic carbocycles.